The first kappa shape index (κ1) is 20.2. The highest BCUT2D eigenvalue weighted by Gasteiger charge is 2.18. The fourth-order valence-electron chi connectivity index (χ4n) is 3.55. The van der Waals surface area contributed by atoms with Gasteiger partial charge in [-0.05, 0) is 63.9 Å². The highest BCUT2D eigenvalue weighted by atomic mass is 16.3. The number of hydrogen-bond donors (Lipinski definition) is 2. The van der Waals surface area contributed by atoms with E-state index >= 15 is 0 Å². The number of likely N-dealkylation sites (N-methyl/N-ethyl adjacent to an activating group) is 1. The Morgan fingerprint density at radius 1 is 1.12 bits per heavy atom. The summed E-state index contributed by atoms with van der Waals surface area (Å²) in [6, 6.07) is 9.86. The van der Waals surface area contributed by atoms with Crippen LogP contribution in [-0.2, 0) is 0 Å². The van der Waals surface area contributed by atoms with Gasteiger partial charge in [0.05, 0.1) is 6.10 Å². The molecule has 1 aliphatic heterocycles. The van der Waals surface area contributed by atoms with Crippen molar-refractivity contribution in [3.63, 3.8) is 0 Å². The number of piperidine rings is 1. The third-order valence-corrected chi connectivity index (χ3v) is 5.36. The quantitative estimate of drug-likeness (QED) is 0.757. The minimum Gasteiger partial charge on any atom is -0.393 e. The number of aliphatic hydroxyl groups excluding tert-OH is 1. The number of nitrogens with one attached hydrogen (secondary N) is 1. The molecule has 0 bridgehead atoms. The molecule has 0 spiro atoms. The monoisotopic (exact) mass is 347 g/mol. The maximum atomic E-state index is 9.65. The maximum Gasteiger partial charge on any atom is 0.0574 e. The van der Waals surface area contributed by atoms with Crippen molar-refractivity contribution in [3.05, 3.63) is 29.8 Å². The van der Waals surface area contributed by atoms with Crippen LogP contribution < -0.4 is 10.2 Å². The first-order valence-corrected chi connectivity index (χ1v) is 9.79. The van der Waals surface area contributed by atoms with E-state index in [9.17, 15) is 5.11 Å². The van der Waals surface area contributed by atoms with Crippen LogP contribution in [0.1, 0.15) is 51.6 Å². The first-order valence-electron chi connectivity index (χ1n) is 9.79. The zero-order chi connectivity index (χ0) is 18.4. The molecule has 4 heteroatoms. The summed E-state index contributed by atoms with van der Waals surface area (Å²) < 4.78 is 0. The van der Waals surface area contributed by atoms with Gasteiger partial charge in [-0.1, -0.05) is 26.0 Å². The van der Waals surface area contributed by atoms with E-state index < -0.39 is 0 Å². The van der Waals surface area contributed by atoms with Gasteiger partial charge < -0.3 is 20.2 Å². The molecular formula is C21H37N3O. The molecule has 2 atom stereocenters. The molecule has 2 rings (SSSR count). The van der Waals surface area contributed by atoms with Gasteiger partial charge in [-0.3, -0.25) is 0 Å². The summed E-state index contributed by atoms with van der Waals surface area (Å²) in [6.45, 7) is 9.74. The minimum atomic E-state index is -0.116. The predicted octanol–water partition coefficient (Wildman–Crippen LogP) is 3.27. The lowest BCUT2D eigenvalue weighted by atomic mass is 10.0. The van der Waals surface area contributed by atoms with Gasteiger partial charge in [0.2, 0.25) is 0 Å². The second-order valence-electron chi connectivity index (χ2n) is 8.19. The average molecular weight is 348 g/mol. The molecule has 0 aliphatic carbocycles. The summed E-state index contributed by atoms with van der Waals surface area (Å²) in [5.74, 6) is 0.715. The van der Waals surface area contributed by atoms with Gasteiger partial charge in [0.25, 0.3) is 0 Å². The Labute approximate surface area is 154 Å². The molecule has 4 nitrogen and oxygen atoms in total. The summed E-state index contributed by atoms with van der Waals surface area (Å²) in [6.07, 6.45) is 2.85. The molecule has 25 heavy (non-hydrogen) atoms. The predicted molar refractivity (Wildman–Crippen MR) is 107 cm³/mol. The van der Waals surface area contributed by atoms with Crippen LogP contribution in [0.3, 0.4) is 0 Å². The van der Waals surface area contributed by atoms with Crippen LogP contribution in [0.4, 0.5) is 5.69 Å². The standard InChI is InChI=1S/C21H37N3O/c1-16(2)14-20(23(4)5)15-22-17(3)18-6-8-19(9-7-18)24-12-10-21(25)11-13-24/h6-9,16-17,20-22,25H,10-15H2,1-5H3. The SMILES string of the molecule is CC(C)CC(CNC(C)c1ccc(N2CCC(O)CC2)cc1)N(C)C. The zero-order valence-electron chi connectivity index (χ0n) is 16.7. The van der Waals surface area contributed by atoms with E-state index in [4.69, 9.17) is 0 Å². The maximum absolute atomic E-state index is 9.65. The summed E-state index contributed by atoms with van der Waals surface area (Å²) >= 11 is 0. The summed E-state index contributed by atoms with van der Waals surface area (Å²) in [5, 5.41) is 13.4. The van der Waals surface area contributed by atoms with Gasteiger partial charge in [-0.15, -0.1) is 0 Å². The number of rotatable bonds is 8. The number of nitrogens with zero attached hydrogens (tertiary/aromatic N) is 2. The Bertz CT molecular complexity index is 492. The highest BCUT2D eigenvalue weighted by Crippen LogP contribution is 2.23. The largest absolute Gasteiger partial charge is 0.393 e. The Hall–Kier alpha value is -1.10. The third kappa shape index (κ3) is 6.28. The molecule has 0 saturated carbocycles. The normalized spacial score (nSPS) is 18.8. The van der Waals surface area contributed by atoms with Crippen molar-refractivity contribution in [2.45, 2.75) is 58.2 Å². The van der Waals surface area contributed by atoms with Crippen molar-refractivity contribution in [1.29, 1.82) is 0 Å². The van der Waals surface area contributed by atoms with Crippen LogP contribution in [0.5, 0.6) is 0 Å². The first-order chi connectivity index (χ1) is 11.9. The van der Waals surface area contributed by atoms with E-state index in [1.807, 2.05) is 0 Å². The molecule has 0 amide bonds. The molecule has 0 aromatic heterocycles. The van der Waals surface area contributed by atoms with Gasteiger partial charge in [-0.25, -0.2) is 0 Å². The summed E-state index contributed by atoms with van der Waals surface area (Å²) in [4.78, 5) is 4.70. The van der Waals surface area contributed by atoms with E-state index in [1.165, 1.54) is 17.7 Å². The van der Waals surface area contributed by atoms with Crippen LogP contribution in [0.2, 0.25) is 0 Å². The van der Waals surface area contributed by atoms with Crippen LogP contribution in [0.15, 0.2) is 24.3 Å². The molecule has 2 N–H and O–H groups in total. The third-order valence-electron chi connectivity index (χ3n) is 5.36. The Morgan fingerprint density at radius 3 is 2.24 bits per heavy atom. The highest BCUT2D eigenvalue weighted by molar-refractivity contribution is 5.48. The molecular weight excluding hydrogens is 310 g/mol. The smallest absolute Gasteiger partial charge is 0.0574 e. The van der Waals surface area contributed by atoms with Gasteiger partial charge >= 0.3 is 0 Å². The summed E-state index contributed by atoms with van der Waals surface area (Å²) in [7, 11) is 4.34. The molecule has 1 fully saturated rings. The minimum absolute atomic E-state index is 0.116. The van der Waals surface area contributed by atoms with Crippen molar-refractivity contribution < 1.29 is 5.11 Å². The molecule has 2 unspecified atom stereocenters. The Balaban J connectivity index is 1.88. The van der Waals surface area contributed by atoms with Crippen LogP contribution >= 0.6 is 0 Å². The fraction of sp³-hybridized carbons (Fsp3) is 0.714. The number of aliphatic hydroxyl groups is 1. The summed E-state index contributed by atoms with van der Waals surface area (Å²) in [5.41, 5.74) is 2.61. The van der Waals surface area contributed by atoms with E-state index in [0.29, 0.717) is 18.0 Å². The van der Waals surface area contributed by atoms with Crippen molar-refractivity contribution in [2.24, 2.45) is 5.92 Å². The van der Waals surface area contributed by atoms with Gasteiger partial charge in [0, 0.05) is 37.4 Å². The van der Waals surface area contributed by atoms with E-state index in [-0.39, 0.29) is 6.10 Å². The number of hydrogen-bond acceptors (Lipinski definition) is 4. The second kappa shape index (κ2) is 9.56. The molecule has 1 heterocycles. The Kier molecular flexibility index (Phi) is 7.73. The van der Waals surface area contributed by atoms with Crippen LogP contribution in [-0.4, -0.2) is 55.9 Å². The molecule has 1 aliphatic rings. The number of anilines is 1. The average Bonchev–Trinajstić information content (AvgIpc) is 2.58. The van der Waals surface area contributed by atoms with Crippen molar-refractivity contribution in [3.8, 4) is 0 Å². The van der Waals surface area contributed by atoms with Crippen molar-refractivity contribution in [2.75, 3.05) is 38.6 Å². The molecule has 1 saturated heterocycles. The van der Waals surface area contributed by atoms with E-state index in [0.717, 1.165) is 32.5 Å². The van der Waals surface area contributed by atoms with Crippen molar-refractivity contribution in [1.82, 2.24) is 10.2 Å². The van der Waals surface area contributed by atoms with Crippen LogP contribution in [0.25, 0.3) is 0 Å². The topological polar surface area (TPSA) is 38.7 Å². The Morgan fingerprint density at radius 2 is 1.72 bits per heavy atom. The second-order valence-corrected chi connectivity index (χ2v) is 8.19. The van der Waals surface area contributed by atoms with Crippen molar-refractivity contribution >= 4 is 5.69 Å². The zero-order valence-corrected chi connectivity index (χ0v) is 16.7. The molecule has 1 aromatic carbocycles. The number of benzene rings is 1. The van der Waals surface area contributed by atoms with E-state index in [2.05, 4.69) is 74.2 Å². The molecule has 142 valence electrons. The molecule has 0 radical (unpaired) electrons. The van der Waals surface area contributed by atoms with E-state index in [1.54, 1.807) is 0 Å². The fourth-order valence-corrected chi connectivity index (χ4v) is 3.55. The lowest BCUT2D eigenvalue weighted by Gasteiger charge is -2.32. The molecule has 1 aromatic rings. The van der Waals surface area contributed by atoms with Gasteiger partial charge in [0.15, 0.2) is 0 Å². The van der Waals surface area contributed by atoms with Gasteiger partial charge in [0.1, 0.15) is 0 Å². The lowest BCUT2D eigenvalue weighted by Crippen LogP contribution is -2.39. The van der Waals surface area contributed by atoms with Crippen LogP contribution in [0, 0.1) is 5.92 Å². The lowest BCUT2D eigenvalue weighted by molar-refractivity contribution is 0.145. The van der Waals surface area contributed by atoms with Gasteiger partial charge in [-0.2, -0.15) is 0 Å².